The second kappa shape index (κ2) is 13.1. The van der Waals surface area contributed by atoms with Crippen molar-refractivity contribution in [2.75, 3.05) is 24.5 Å². The summed E-state index contributed by atoms with van der Waals surface area (Å²) in [6.45, 7) is 6.78. The van der Waals surface area contributed by atoms with Crippen LogP contribution in [0.25, 0.3) is 0 Å². The molecule has 0 bridgehead atoms. The maximum atomic E-state index is 12.6. The van der Waals surface area contributed by atoms with Crippen LogP contribution in [0.15, 0.2) is 54.6 Å². The number of amides is 1. The van der Waals surface area contributed by atoms with Crippen LogP contribution in [0.3, 0.4) is 0 Å². The summed E-state index contributed by atoms with van der Waals surface area (Å²) in [6.07, 6.45) is 5.36. The van der Waals surface area contributed by atoms with E-state index in [1.807, 2.05) is 12.1 Å². The Morgan fingerprint density at radius 1 is 1.09 bits per heavy atom. The fourth-order valence-corrected chi connectivity index (χ4v) is 4.22. The van der Waals surface area contributed by atoms with E-state index >= 15 is 0 Å². The van der Waals surface area contributed by atoms with Crippen molar-refractivity contribution >= 4 is 35.0 Å². The number of hydrogen-bond donors (Lipinski definition) is 0. The normalized spacial score (nSPS) is 12.9. The van der Waals surface area contributed by atoms with Crippen molar-refractivity contribution in [1.82, 2.24) is 4.90 Å². The molecule has 0 fully saturated rings. The van der Waals surface area contributed by atoms with Gasteiger partial charge in [-0.1, -0.05) is 41.9 Å². The number of para-hydroxylation sites is 1. The van der Waals surface area contributed by atoms with Crippen molar-refractivity contribution in [3.8, 4) is 0 Å². The van der Waals surface area contributed by atoms with Gasteiger partial charge in [-0.05, 0) is 81.9 Å². The van der Waals surface area contributed by atoms with Gasteiger partial charge in [0, 0.05) is 36.0 Å². The monoisotopic (exact) mass is 490 g/mol. The van der Waals surface area contributed by atoms with Crippen LogP contribution in [0.4, 0.5) is 16.2 Å². The molecule has 0 unspecified atom stereocenters. The van der Waals surface area contributed by atoms with Crippen LogP contribution in [-0.2, 0) is 22.4 Å². The number of halogens is 1. The molecule has 1 aliphatic rings. The van der Waals surface area contributed by atoms with E-state index in [0.29, 0.717) is 11.6 Å². The summed E-state index contributed by atoms with van der Waals surface area (Å²) in [6, 6.07) is 14.5. The maximum absolute atomic E-state index is 12.6. The molecular weight excluding hydrogens is 459 g/mol. The SMILES string of the molecule is CC(C)(C)OC(=O)N(C/C=C/C(=O)[O-])CCCCN1c2ccccc2CCc2ccc(Cl)cc21.[Li+]. The van der Waals surface area contributed by atoms with Crippen LogP contribution in [0.1, 0.15) is 44.7 Å². The number of aryl methyl sites for hydroxylation is 2. The van der Waals surface area contributed by atoms with E-state index in [9.17, 15) is 14.7 Å². The second-order valence-corrected chi connectivity index (χ2v) is 9.84. The largest absolute Gasteiger partial charge is 1.00 e. The Kier molecular flexibility index (Phi) is 10.8. The number of benzene rings is 2. The van der Waals surface area contributed by atoms with Gasteiger partial charge >= 0.3 is 25.0 Å². The zero-order chi connectivity index (χ0) is 24.7. The third-order valence-electron chi connectivity index (χ3n) is 5.58. The summed E-state index contributed by atoms with van der Waals surface area (Å²) in [7, 11) is 0. The molecule has 182 valence electrons. The Morgan fingerprint density at radius 2 is 1.77 bits per heavy atom. The summed E-state index contributed by atoms with van der Waals surface area (Å²) in [4.78, 5) is 27.2. The molecule has 0 saturated carbocycles. The van der Waals surface area contributed by atoms with E-state index < -0.39 is 17.7 Å². The minimum atomic E-state index is -1.29. The van der Waals surface area contributed by atoms with Crippen LogP contribution < -0.4 is 28.9 Å². The number of rotatable bonds is 8. The molecule has 0 aromatic heterocycles. The zero-order valence-electron chi connectivity index (χ0n) is 21.1. The van der Waals surface area contributed by atoms with Crippen molar-refractivity contribution in [2.24, 2.45) is 0 Å². The molecule has 0 spiro atoms. The van der Waals surface area contributed by atoms with E-state index in [0.717, 1.165) is 44.0 Å². The topological polar surface area (TPSA) is 72.9 Å². The molecule has 2 aromatic carbocycles. The first-order valence-electron chi connectivity index (χ1n) is 11.6. The number of fused-ring (bicyclic) bond motifs is 2. The number of carbonyl (C=O) groups is 2. The third-order valence-corrected chi connectivity index (χ3v) is 5.81. The first-order valence-corrected chi connectivity index (χ1v) is 12.0. The molecule has 3 rings (SSSR count). The first-order chi connectivity index (χ1) is 16.1. The van der Waals surface area contributed by atoms with Crippen molar-refractivity contribution < 1.29 is 38.3 Å². The summed E-state index contributed by atoms with van der Waals surface area (Å²) >= 11 is 6.35. The summed E-state index contributed by atoms with van der Waals surface area (Å²) in [5.74, 6) is -1.29. The van der Waals surface area contributed by atoms with Gasteiger partial charge in [-0.3, -0.25) is 0 Å². The van der Waals surface area contributed by atoms with Crippen LogP contribution >= 0.6 is 11.6 Å². The standard InChI is InChI=1S/C27H33ClN2O4.Li/c1-27(2,3)34-26(33)29(17-8-11-25(31)32)16-6-7-18-30-23-10-5-4-9-20(23)12-13-21-14-15-22(28)19-24(21)30;/h4-5,8-11,14-15,19H,6-7,12-13,16-18H2,1-3H3,(H,31,32);/q;+1/p-1/b11-8+;. The number of carboxylic acid groups (broad SMARTS) is 1. The molecule has 0 atom stereocenters. The van der Waals surface area contributed by atoms with Crippen molar-refractivity contribution in [3.63, 3.8) is 0 Å². The average molecular weight is 491 g/mol. The first kappa shape index (κ1) is 28.8. The zero-order valence-corrected chi connectivity index (χ0v) is 21.8. The molecule has 8 heteroatoms. The van der Waals surface area contributed by atoms with Crippen molar-refractivity contribution in [2.45, 2.75) is 52.1 Å². The van der Waals surface area contributed by atoms with Gasteiger partial charge in [0.15, 0.2) is 0 Å². The van der Waals surface area contributed by atoms with Crippen molar-refractivity contribution in [1.29, 1.82) is 0 Å². The fourth-order valence-electron chi connectivity index (χ4n) is 4.06. The molecule has 1 aliphatic heterocycles. The molecule has 0 aliphatic carbocycles. The Morgan fingerprint density at radius 3 is 2.46 bits per heavy atom. The fraction of sp³-hybridized carbons (Fsp3) is 0.407. The van der Waals surface area contributed by atoms with Gasteiger partial charge < -0.3 is 24.4 Å². The Labute approximate surface area is 225 Å². The molecule has 6 nitrogen and oxygen atoms in total. The minimum absolute atomic E-state index is 0. The van der Waals surface area contributed by atoms with Gasteiger partial charge in [-0.15, -0.1) is 0 Å². The average Bonchev–Trinajstić information content (AvgIpc) is 2.90. The van der Waals surface area contributed by atoms with E-state index in [1.165, 1.54) is 27.8 Å². The number of ether oxygens (including phenoxy) is 1. The Balaban J connectivity index is 0.00000432. The molecule has 35 heavy (non-hydrogen) atoms. The Bertz CT molecular complexity index is 1050. The van der Waals surface area contributed by atoms with Crippen LogP contribution in [-0.4, -0.2) is 42.2 Å². The van der Waals surface area contributed by atoms with E-state index in [-0.39, 0.29) is 25.4 Å². The summed E-state index contributed by atoms with van der Waals surface area (Å²) in [5.41, 5.74) is 4.25. The summed E-state index contributed by atoms with van der Waals surface area (Å²) in [5, 5.41) is 11.4. The molecule has 0 radical (unpaired) electrons. The quantitative estimate of drug-likeness (QED) is 0.321. The Hall–Kier alpha value is -2.39. The van der Waals surface area contributed by atoms with Crippen molar-refractivity contribution in [3.05, 3.63) is 70.8 Å². The molecule has 2 aromatic rings. The minimum Gasteiger partial charge on any atom is -0.545 e. The predicted molar refractivity (Wildman–Crippen MR) is 133 cm³/mol. The van der Waals surface area contributed by atoms with Gasteiger partial charge in [0.1, 0.15) is 5.60 Å². The van der Waals surface area contributed by atoms with Crippen LogP contribution in [0.5, 0.6) is 0 Å². The number of anilines is 2. The smallest absolute Gasteiger partial charge is 0.545 e. The molecule has 1 amide bonds. The van der Waals surface area contributed by atoms with Gasteiger partial charge in [-0.2, -0.15) is 0 Å². The maximum Gasteiger partial charge on any atom is 1.00 e. The molecule has 0 N–H and O–H groups in total. The van der Waals surface area contributed by atoms with Gasteiger partial charge in [0.2, 0.25) is 0 Å². The predicted octanol–water partition coefficient (Wildman–Crippen LogP) is 1.90. The third kappa shape index (κ3) is 8.65. The number of nitrogens with zero attached hydrogens (tertiary/aromatic N) is 2. The molecule has 0 saturated heterocycles. The molecule has 1 heterocycles. The van der Waals surface area contributed by atoms with E-state index in [2.05, 4.69) is 35.2 Å². The van der Waals surface area contributed by atoms with Crippen LogP contribution in [0.2, 0.25) is 5.02 Å². The number of unbranched alkanes of at least 4 members (excludes halogenated alkanes) is 1. The van der Waals surface area contributed by atoms with E-state index in [4.69, 9.17) is 16.3 Å². The summed E-state index contributed by atoms with van der Waals surface area (Å²) < 4.78 is 5.49. The van der Waals surface area contributed by atoms with E-state index in [1.54, 1.807) is 20.8 Å². The number of carbonyl (C=O) groups excluding carboxylic acids is 2. The second-order valence-electron chi connectivity index (χ2n) is 9.41. The number of aliphatic carboxylic acids is 1. The van der Waals surface area contributed by atoms with Gasteiger partial charge in [0.05, 0.1) is 5.97 Å². The number of carboxylic acids is 1. The number of hydrogen-bond acceptors (Lipinski definition) is 5. The van der Waals surface area contributed by atoms with Gasteiger partial charge in [-0.25, -0.2) is 4.79 Å². The van der Waals surface area contributed by atoms with Gasteiger partial charge in [0.25, 0.3) is 0 Å². The van der Waals surface area contributed by atoms with Crippen LogP contribution in [0, 0.1) is 0 Å². The molecular formula is C27H32ClLiN2O4.